The maximum absolute atomic E-state index is 13.1. The SMILES string of the molecule is CCOc1ccc(N(C/C=C/c2ccccc2)C(=O)Nc2ccccc2C)cc1. The average molecular weight is 386 g/mol. The number of amides is 2. The van der Waals surface area contributed by atoms with Crippen molar-refractivity contribution in [2.24, 2.45) is 0 Å². The monoisotopic (exact) mass is 386 g/mol. The fourth-order valence-electron chi connectivity index (χ4n) is 2.95. The molecule has 3 rings (SSSR count). The van der Waals surface area contributed by atoms with Gasteiger partial charge >= 0.3 is 6.03 Å². The van der Waals surface area contributed by atoms with Crippen LogP contribution in [0.2, 0.25) is 0 Å². The number of benzene rings is 3. The van der Waals surface area contributed by atoms with Gasteiger partial charge < -0.3 is 10.1 Å². The van der Waals surface area contributed by atoms with Crippen molar-refractivity contribution >= 4 is 23.5 Å². The molecule has 2 amide bonds. The normalized spacial score (nSPS) is 10.7. The summed E-state index contributed by atoms with van der Waals surface area (Å²) in [4.78, 5) is 14.8. The Hall–Kier alpha value is -3.53. The van der Waals surface area contributed by atoms with E-state index < -0.39 is 0 Å². The number of carbonyl (C=O) groups is 1. The minimum absolute atomic E-state index is 0.179. The van der Waals surface area contributed by atoms with Crippen LogP contribution in [0.3, 0.4) is 0 Å². The molecule has 29 heavy (non-hydrogen) atoms. The number of carbonyl (C=O) groups excluding carboxylic acids is 1. The lowest BCUT2D eigenvalue weighted by Crippen LogP contribution is -2.35. The Morgan fingerprint density at radius 3 is 2.34 bits per heavy atom. The van der Waals surface area contributed by atoms with Gasteiger partial charge in [0.05, 0.1) is 6.61 Å². The first-order valence-electron chi connectivity index (χ1n) is 9.76. The van der Waals surface area contributed by atoms with E-state index >= 15 is 0 Å². The van der Waals surface area contributed by atoms with Gasteiger partial charge in [-0.05, 0) is 55.3 Å². The van der Waals surface area contributed by atoms with E-state index in [9.17, 15) is 4.79 Å². The van der Waals surface area contributed by atoms with Crippen molar-refractivity contribution in [1.29, 1.82) is 0 Å². The Morgan fingerprint density at radius 1 is 0.966 bits per heavy atom. The number of nitrogens with one attached hydrogen (secondary N) is 1. The molecule has 0 aliphatic heterocycles. The largest absolute Gasteiger partial charge is 0.494 e. The summed E-state index contributed by atoms with van der Waals surface area (Å²) in [5.74, 6) is 0.787. The third-order valence-corrected chi connectivity index (χ3v) is 4.49. The molecular weight excluding hydrogens is 360 g/mol. The summed E-state index contributed by atoms with van der Waals surface area (Å²) in [5, 5.41) is 3.02. The Morgan fingerprint density at radius 2 is 1.66 bits per heavy atom. The molecule has 0 spiro atoms. The second kappa shape index (κ2) is 10.1. The van der Waals surface area contributed by atoms with Gasteiger partial charge in [0.2, 0.25) is 0 Å². The summed E-state index contributed by atoms with van der Waals surface area (Å²) in [6.45, 7) is 4.98. The molecule has 1 N–H and O–H groups in total. The fraction of sp³-hybridized carbons (Fsp3) is 0.160. The van der Waals surface area contributed by atoms with E-state index in [1.807, 2.05) is 105 Å². The van der Waals surface area contributed by atoms with Gasteiger partial charge in [-0.2, -0.15) is 0 Å². The highest BCUT2D eigenvalue weighted by Crippen LogP contribution is 2.22. The zero-order chi connectivity index (χ0) is 20.5. The molecule has 0 saturated carbocycles. The van der Waals surface area contributed by atoms with Crippen molar-refractivity contribution in [3.63, 3.8) is 0 Å². The van der Waals surface area contributed by atoms with Crippen LogP contribution in [0.5, 0.6) is 5.75 Å². The Balaban J connectivity index is 1.81. The lowest BCUT2D eigenvalue weighted by Gasteiger charge is -2.23. The van der Waals surface area contributed by atoms with Crippen molar-refractivity contribution in [2.75, 3.05) is 23.4 Å². The molecule has 3 aromatic rings. The molecule has 148 valence electrons. The molecule has 4 nitrogen and oxygen atoms in total. The van der Waals surface area contributed by atoms with Crippen LogP contribution in [0.4, 0.5) is 16.2 Å². The highest BCUT2D eigenvalue weighted by Gasteiger charge is 2.15. The van der Waals surface area contributed by atoms with Gasteiger partial charge in [0.15, 0.2) is 0 Å². The van der Waals surface area contributed by atoms with Crippen LogP contribution in [0.1, 0.15) is 18.1 Å². The molecule has 0 aromatic heterocycles. The van der Waals surface area contributed by atoms with Gasteiger partial charge in [0.1, 0.15) is 5.75 Å². The van der Waals surface area contributed by atoms with E-state index in [0.717, 1.165) is 28.3 Å². The highest BCUT2D eigenvalue weighted by molar-refractivity contribution is 6.02. The second-order valence-corrected chi connectivity index (χ2v) is 6.60. The van der Waals surface area contributed by atoms with Crippen molar-refractivity contribution < 1.29 is 9.53 Å². The lowest BCUT2D eigenvalue weighted by molar-refractivity contribution is 0.257. The minimum atomic E-state index is -0.179. The third kappa shape index (κ3) is 5.72. The third-order valence-electron chi connectivity index (χ3n) is 4.49. The molecule has 0 radical (unpaired) electrons. The van der Waals surface area contributed by atoms with E-state index in [2.05, 4.69) is 5.32 Å². The molecule has 0 atom stereocenters. The van der Waals surface area contributed by atoms with E-state index in [1.54, 1.807) is 4.90 Å². The van der Waals surface area contributed by atoms with Gasteiger partial charge in [0.25, 0.3) is 0 Å². The first kappa shape index (κ1) is 20.2. The number of aryl methyl sites for hydroxylation is 1. The van der Waals surface area contributed by atoms with Crippen LogP contribution in [0.25, 0.3) is 6.08 Å². The van der Waals surface area contributed by atoms with E-state index in [4.69, 9.17) is 4.74 Å². The van der Waals surface area contributed by atoms with Crippen LogP contribution in [0.15, 0.2) is 84.9 Å². The number of rotatable bonds is 7. The van der Waals surface area contributed by atoms with Crippen LogP contribution in [-0.2, 0) is 0 Å². The lowest BCUT2D eigenvalue weighted by atomic mass is 10.2. The summed E-state index contributed by atoms with van der Waals surface area (Å²) in [7, 11) is 0. The minimum Gasteiger partial charge on any atom is -0.494 e. The van der Waals surface area contributed by atoms with Gasteiger partial charge in [0, 0.05) is 17.9 Å². The zero-order valence-electron chi connectivity index (χ0n) is 16.8. The summed E-state index contributed by atoms with van der Waals surface area (Å²) in [6.07, 6.45) is 4.01. The number of para-hydroxylation sites is 1. The molecule has 3 aromatic carbocycles. The maximum Gasteiger partial charge on any atom is 0.326 e. The van der Waals surface area contributed by atoms with Crippen molar-refractivity contribution in [3.8, 4) is 5.75 Å². The molecule has 0 saturated heterocycles. The Kier molecular flexibility index (Phi) is 7.06. The maximum atomic E-state index is 13.1. The summed E-state index contributed by atoms with van der Waals surface area (Å²) < 4.78 is 5.52. The smallest absolute Gasteiger partial charge is 0.326 e. The van der Waals surface area contributed by atoms with Gasteiger partial charge in [-0.15, -0.1) is 0 Å². The predicted molar refractivity (Wildman–Crippen MR) is 121 cm³/mol. The Bertz CT molecular complexity index is 950. The molecule has 0 bridgehead atoms. The van der Waals surface area contributed by atoms with E-state index in [1.165, 1.54) is 0 Å². The van der Waals surface area contributed by atoms with Gasteiger partial charge in [-0.3, -0.25) is 4.90 Å². The number of hydrogen-bond donors (Lipinski definition) is 1. The first-order chi connectivity index (χ1) is 14.2. The van der Waals surface area contributed by atoms with Crippen molar-refractivity contribution in [1.82, 2.24) is 0 Å². The summed E-state index contributed by atoms with van der Waals surface area (Å²) in [6, 6.07) is 25.2. The molecule has 0 aliphatic rings. The standard InChI is InChI=1S/C25H26N2O2/c1-3-29-23-17-15-22(16-18-23)27(19-9-13-21-11-5-4-6-12-21)25(28)26-24-14-8-7-10-20(24)2/h4-18H,3,19H2,1-2H3,(H,26,28)/b13-9+. The number of anilines is 2. The van der Waals surface area contributed by atoms with Crippen molar-refractivity contribution in [2.45, 2.75) is 13.8 Å². The van der Waals surface area contributed by atoms with Crippen LogP contribution in [0, 0.1) is 6.92 Å². The van der Waals surface area contributed by atoms with Crippen LogP contribution < -0.4 is 15.0 Å². The zero-order valence-corrected chi connectivity index (χ0v) is 16.8. The quantitative estimate of drug-likeness (QED) is 0.529. The van der Waals surface area contributed by atoms with Crippen molar-refractivity contribution in [3.05, 3.63) is 96.1 Å². The summed E-state index contributed by atoms with van der Waals surface area (Å²) >= 11 is 0. The first-order valence-corrected chi connectivity index (χ1v) is 9.76. The van der Waals surface area contributed by atoms with E-state index in [-0.39, 0.29) is 6.03 Å². The number of hydrogen-bond acceptors (Lipinski definition) is 2. The molecule has 0 aliphatic carbocycles. The van der Waals surface area contributed by atoms with E-state index in [0.29, 0.717) is 13.2 Å². The molecule has 4 heteroatoms. The number of nitrogens with zero attached hydrogens (tertiary/aromatic N) is 1. The van der Waals surface area contributed by atoms with Crippen LogP contribution >= 0.6 is 0 Å². The molecule has 0 fully saturated rings. The molecule has 0 unspecified atom stereocenters. The number of ether oxygens (including phenoxy) is 1. The number of urea groups is 1. The fourth-order valence-corrected chi connectivity index (χ4v) is 2.95. The van der Waals surface area contributed by atoms with Gasteiger partial charge in [-0.25, -0.2) is 4.79 Å². The average Bonchev–Trinajstić information content (AvgIpc) is 2.74. The Labute approximate surface area is 172 Å². The molecule has 0 heterocycles. The second-order valence-electron chi connectivity index (χ2n) is 6.60. The predicted octanol–water partition coefficient (Wildman–Crippen LogP) is 6.15. The highest BCUT2D eigenvalue weighted by atomic mass is 16.5. The summed E-state index contributed by atoms with van der Waals surface area (Å²) in [5.41, 5.74) is 3.73. The van der Waals surface area contributed by atoms with Crippen LogP contribution in [-0.4, -0.2) is 19.2 Å². The molecular formula is C25H26N2O2. The van der Waals surface area contributed by atoms with Gasteiger partial charge in [-0.1, -0.05) is 60.7 Å². The topological polar surface area (TPSA) is 41.6 Å².